The van der Waals surface area contributed by atoms with Crippen molar-refractivity contribution in [1.29, 1.82) is 0 Å². The van der Waals surface area contributed by atoms with Gasteiger partial charge in [0, 0.05) is 12.1 Å². The van der Waals surface area contributed by atoms with E-state index < -0.39 is 5.82 Å². The summed E-state index contributed by atoms with van der Waals surface area (Å²) in [6.45, 7) is 4.08. The second kappa shape index (κ2) is 6.72. The molecule has 104 valence electrons. The van der Waals surface area contributed by atoms with E-state index in [9.17, 15) is 9.18 Å². The van der Waals surface area contributed by atoms with Crippen molar-refractivity contribution in [2.24, 2.45) is 10.9 Å². The highest BCUT2D eigenvalue weighted by molar-refractivity contribution is 5.97. The van der Waals surface area contributed by atoms with Crippen molar-refractivity contribution in [2.45, 2.75) is 20.3 Å². The molecule has 0 heterocycles. The van der Waals surface area contributed by atoms with Crippen LogP contribution in [0.3, 0.4) is 0 Å². The number of carbonyl (C=O) groups is 1. The average molecular weight is 267 g/mol. The Kier molecular flexibility index (Phi) is 5.29. The molecular weight excluding hydrogens is 249 g/mol. The minimum atomic E-state index is -0.455. The molecule has 0 aromatic heterocycles. The number of rotatable bonds is 5. The lowest BCUT2D eigenvalue weighted by molar-refractivity contribution is 0.0777. The van der Waals surface area contributed by atoms with Gasteiger partial charge in [-0.2, -0.15) is 0 Å². The molecule has 0 aliphatic heterocycles. The second-order valence-electron chi connectivity index (χ2n) is 4.34. The topological polar surface area (TPSA) is 78.9 Å². The Morgan fingerprint density at radius 1 is 1.47 bits per heavy atom. The Morgan fingerprint density at radius 2 is 2.16 bits per heavy atom. The van der Waals surface area contributed by atoms with E-state index in [1.54, 1.807) is 13.0 Å². The molecule has 6 heteroatoms. The lowest BCUT2D eigenvalue weighted by atomic mass is 10.1. The number of amidine groups is 1. The smallest absolute Gasteiger partial charge is 0.254 e. The van der Waals surface area contributed by atoms with Crippen LogP contribution in [-0.4, -0.2) is 34.9 Å². The summed E-state index contributed by atoms with van der Waals surface area (Å²) in [7, 11) is 0. The van der Waals surface area contributed by atoms with Gasteiger partial charge in [-0.05, 0) is 37.1 Å². The summed E-state index contributed by atoms with van der Waals surface area (Å²) in [6.07, 6.45) is 0.721. The van der Waals surface area contributed by atoms with E-state index >= 15 is 0 Å². The van der Waals surface area contributed by atoms with Crippen LogP contribution in [0.25, 0.3) is 0 Å². The summed E-state index contributed by atoms with van der Waals surface area (Å²) in [5.74, 6) is -0.852. The molecule has 1 rings (SSSR count). The van der Waals surface area contributed by atoms with Gasteiger partial charge in [0.05, 0.1) is 6.54 Å². The number of hydrogen-bond acceptors (Lipinski definition) is 3. The molecular formula is C13H18FN3O2. The van der Waals surface area contributed by atoms with E-state index in [-0.39, 0.29) is 23.9 Å². The SMILES string of the molecule is CCCN(C/C(N)=N/O)C(=O)c1cc(C)cc(F)c1. The number of benzene rings is 1. The molecule has 0 saturated heterocycles. The molecule has 1 amide bonds. The van der Waals surface area contributed by atoms with Crippen LogP contribution in [0.5, 0.6) is 0 Å². The predicted octanol–water partition coefficient (Wildman–Crippen LogP) is 1.73. The van der Waals surface area contributed by atoms with Crippen LogP contribution in [0, 0.1) is 12.7 Å². The summed E-state index contributed by atoms with van der Waals surface area (Å²) in [6, 6.07) is 4.15. The second-order valence-corrected chi connectivity index (χ2v) is 4.34. The molecule has 0 saturated carbocycles. The predicted molar refractivity (Wildman–Crippen MR) is 70.7 cm³/mol. The molecule has 1 aromatic carbocycles. The fourth-order valence-electron chi connectivity index (χ4n) is 1.79. The van der Waals surface area contributed by atoms with Crippen molar-refractivity contribution in [3.8, 4) is 0 Å². The van der Waals surface area contributed by atoms with Gasteiger partial charge in [0.2, 0.25) is 0 Å². The summed E-state index contributed by atoms with van der Waals surface area (Å²) < 4.78 is 13.3. The fourth-order valence-corrected chi connectivity index (χ4v) is 1.79. The minimum absolute atomic E-state index is 0.0126. The van der Waals surface area contributed by atoms with Gasteiger partial charge in [-0.25, -0.2) is 4.39 Å². The maximum atomic E-state index is 13.3. The molecule has 19 heavy (non-hydrogen) atoms. The molecule has 0 spiro atoms. The van der Waals surface area contributed by atoms with Crippen molar-refractivity contribution in [2.75, 3.05) is 13.1 Å². The Bertz CT molecular complexity index is 469. The van der Waals surface area contributed by atoms with E-state index in [0.717, 1.165) is 6.42 Å². The summed E-state index contributed by atoms with van der Waals surface area (Å²) in [5, 5.41) is 11.4. The first-order valence-electron chi connectivity index (χ1n) is 6.00. The zero-order valence-electron chi connectivity index (χ0n) is 11.1. The molecule has 3 N–H and O–H groups in total. The van der Waals surface area contributed by atoms with Gasteiger partial charge in [-0.1, -0.05) is 12.1 Å². The highest BCUT2D eigenvalue weighted by Gasteiger charge is 2.17. The summed E-state index contributed by atoms with van der Waals surface area (Å²) >= 11 is 0. The fraction of sp³-hybridized carbons (Fsp3) is 0.385. The van der Waals surface area contributed by atoms with Crippen LogP contribution in [0.4, 0.5) is 4.39 Å². The van der Waals surface area contributed by atoms with E-state index in [1.807, 2.05) is 6.92 Å². The van der Waals surface area contributed by atoms with E-state index in [2.05, 4.69) is 5.16 Å². The molecule has 5 nitrogen and oxygen atoms in total. The van der Waals surface area contributed by atoms with Gasteiger partial charge in [-0.15, -0.1) is 0 Å². The highest BCUT2D eigenvalue weighted by Crippen LogP contribution is 2.11. The van der Waals surface area contributed by atoms with Crippen molar-refractivity contribution < 1.29 is 14.4 Å². The monoisotopic (exact) mass is 267 g/mol. The lowest BCUT2D eigenvalue weighted by Crippen LogP contribution is -2.39. The molecule has 0 atom stereocenters. The number of aryl methyl sites for hydroxylation is 1. The molecule has 0 aliphatic carbocycles. The van der Waals surface area contributed by atoms with E-state index in [1.165, 1.54) is 17.0 Å². The number of nitrogens with two attached hydrogens (primary N) is 1. The van der Waals surface area contributed by atoms with Crippen LogP contribution in [-0.2, 0) is 0 Å². The molecule has 0 aliphatic rings. The van der Waals surface area contributed by atoms with E-state index in [0.29, 0.717) is 12.1 Å². The first-order chi connectivity index (χ1) is 8.97. The average Bonchev–Trinajstić information content (AvgIpc) is 2.36. The van der Waals surface area contributed by atoms with Crippen molar-refractivity contribution >= 4 is 11.7 Å². The molecule has 0 fully saturated rings. The maximum Gasteiger partial charge on any atom is 0.254 e. The van der Waals surface area contributed by atoms with E-state index in [4.69, 9.17) is 10.9 Å². The van der Waals surface area contributed by atoms with Crippen molar-refractivity contribution in [3.05, 3.63) is 35.1 Å². The van der Waals surface area contributed by atoms with Gasteiger partial charge in [0.15, 0.2) is 5.84 Å². The number of carbonyl (C=O) groups excluding carboxylic acids is 1. The quantitative estimate of drug-likeness (QED) is 0.369. The van der Waals surface area contributed by atoms with Gasteiger partial charge in [-0.3, -0.25) is 4.79 Å². The standard InChI is InChI=1S/C13H18FN3O2/c1-3-4-17(8-12(15)16-19)13(18)10-5-9(2)6-11(14)7-10/h5-7,19H,3-4,8H2,1-2H3,(H2,15,16). The maximum absolute atomic E-state index is 13.3. The third kappa shape index (κ3) is 4.24. The summed E-state index contributed by atoms with van der Waals surface area (Å²) in [5.41, 5.74) is 6.34. The number of amides is 1. The number of nitrogens with zero attached hydrogens (tertiary/aromatic N) is 2. The molecule has 1 aromatic rings. The third-order valence-corrected chi connectivity index (χ3v) is 2.55. The van der Waals surface area contributed by atoms with Gasteiger partial charge in [0.1, 0.15) is 5.82 Å². The molecule has 0 unspecified atom stereocenters. The largest absolute Gasteiger partial charge is 0.409 e. The first kappa shape index (κ1) is 14.9. The Hall–Kier alpha value is -2.11. The van der Waals surface area contributed by atoms with Crippen molar-refractivity contribution in [1.82, 2.24) is 4.90 Å². The van der Waals surface area contributed by atoms with Crippen LogP contribution in [0.1, 0.15) is 29.3 Å². The van der Waals surface area contributed by atoms with Crippen LogP contribution >= 0.6 is 0 Å². The van der Waals surface area contributed by atoms with Crippen LogP contribution < -0.4 is 5.73 Å². The number of hydrogen-bond donors (Lipinski definition) is 2. The molecule has 0 bridgehead atoms. The van der Waals surface area contributed by atoms with Crippen LogP contribution in [0.2, 0.25) is 0 Å². The first-order valence-corrected chi connectivity index (χ1v) is 6.00. The van der Waals surface area contributed by atoms with Gasteiger partial charge in [0.25, 0.3) is 5.91 Å². The zero-order valence-corrected chi connectivity index (χ0v) is 11.1. The zero-order chi connectivity index (χ0) is 14.4. The van der Waals surface area contributed by atoms with Gasteiger partial charge >= 0.3 is 0 Å². The Morgan fingerprint density at radius 3 is 2.68 bits per heavy atom. The van der Waals surface area contributed by atoms with Crippen LogP contribution in [0.15, 0.2) is 23.4 Å². The molecule has 0 radical (unpaired) electrons. The Balaban J connectivity index is 2.98. The number of halogens is 1. The number of oxime groups is 1. The highest BCUT2D eigenvalue weighted by atomic mass is 19.1. The lowest BCUT2D eigenvalue weighted by Gasteiger charge is -2.21. The summed E-state index contributed by atoms with van der Waals surface area (Å²) in [4.78, 5) is 13.7. The Labute approximate surface area is 111 Å². The normalized spacial score (nSPS) is 11.4. The third-order valence-electron chi connectivity index (χ3n) is 2.55. The minimum Gasteiger partial charge on any atom is -0.409 e. The van der Waals surface area contributed by atoms with Crippen molar-refractivity contribution in [3.63, 3.8) is 0 Å². The van der Waals surface area contributed by atoms with Gasteiger partial charge < -0.3 is 15.8 Å².